The number of aromatic nitrogens is 2. The summed E-state index contributed by atoms with van der Waals surface area (Å²) in [7, 11) is 0. The van der Waals surface area contributed by atoms with E-state index in [4.69, 9.17) is 16.7 Å². The van der Waals surface area contributed by atoms with Crippen LogP contribution in [0.2, 0.25) is 5.15 Å². The van der Waals surface area contributed by atoms with Gasteiger partial charge in [-0.15, -0.1) is 0 Å². The van der Waals surface area contributed by atoms with Crippen molar-refractivity contribution < 1.29 is 14.7 Å². The average Bonchev–Trinajstić information content (AvgIpc) is 2.44. The van der Waals surface area contributed by atoms with E-state index < -0.39 is 5.97 Å². The lowest BCUT2D eigenvalue weighted by Crippen LogP contribution is -2.13. The maximum Gasteiger partial charge on any atom is 0.303 e. The smallest absolute Gasteiger partial charge is 0.303 e. The van der Waals surface area contributed by atoms with Gasteiger partial charge in [-0.3, -0.25) is 9.59 Å². The summed E-state index contributed by atoms with van der Waals surface area (Å²) in [5, 5.41) is 11.2. The molecule has 0 radical (unpaired) electrons. The lowest BCUT2D eigenvalue weighted by molar-refractivity contribution is -0.137. The van der Waals surface area contributed by atoms with Crippen LogP contribution in [0.15, 0.2) is 24.3 Å². The van der Waals surface area contributed by atoms with Crippen LogP contribution >= 0.6 is 11.6 Å². The Balaban J connectivity index is 1.97. The number of carboxylic acids is 1. The Morgan fingerprint density at radius 1 is 1.10 bits per heavy atom. The first-order chi connectivity index (χ1) is 10.1. The molecular formula is C14H14ClN3O3. The highest BCUT2D eigenvalue weighted by Crippen LogP contribution is 2.21. The van der Waals surface area contributed by atoms with Crippen molar-refractivity contribution in [2.45, 2.75) is 25.7 Å². The molecule has 0 saturated heterocycles. The Morgan fingerprint density at radius 2 is 1.71 bits per heavy atom. The van der Waals surface area contributed by atoms with Crippen LogP contribution in [0.3, 0.4) is 0 Å². The Labute approximate surface area is 126 Å². The number of anilines is 1. The maximum atomic E-state index is 11.8. The fourth-order valence-electron chi connectivity index (χ4n) is 1.81. The summed E-state index contributed by atoms with van der Waals surface area (Å²) in [6.07, 6.45) is 1.23. The topological polar surface area (TPSA) is 92.2 Å². The highest BCUT2D eigenvalue weighted by molar-refractivity contribution is 6.32. The van der Waals surface area contributed by atoms with Gasteiger partial charge >= 0.3 is 5.97 Å². The van der Waals surface area contributed by atoms with Crippen molar-refractivity contribution >= 4 is 40.3 Å². The number of nitrogens with one attached hydrogen (secondary N) is 1. The molecule has 0 aliphatic rings. The summed E-state index contributed by atoms with van der Waals surface area (Å²) < 4.78 is 0. The number of rotatable bonds is 6. The van der Waals surface area contributed by atoms with Gasteiger partial charge in [0, 0.05) is 12.8 Å². The lowest BCUT2D eigenvalue weighted by Gasteiger charge is -2.07. The molecule has 21 heavy (non-hydrogen) atoms. The second kappa shape index (κ2) is 6.99. The van der Waals surface area contributed by atoms with E-state index in [1.807, 2.05) is 12.1 Å². The standard InChI is InChI=1S/C14H14ClN3O3/c15-13-14(17-10-6-2-1-5-9(10)16-13)18-11(19)7-3-4-8-12(20)21/h1-2,5-6H,3-4,7-8H2,(H,20,21)(H,17,18,19). The minimum Gasteiger partial charge on any atom is -0.481 e. The third kappa shape index (κ3) is 4.39. The van der Waals surface area contributed by atoms with Crippen molar-refractivity contribution in [1.82, 2.24) is 9.97 Å². The number of benzene rings is 1. The van der Waals surface area contributed by atoms with Gasteiger partial charge in [-0.1, -0.05) is 23.7 Å². The molecular weight excluding hydrogens is 294 g/mol. The van der Waals surface area contributed by atoms with Gasteiger partial charge in [0.15, 0.2) is 11.0 Å². The van der Waals surface area contributed by atoms with E-state index in [0.717, 1.165) is 0 Å². The number of para-hydroxylation sites is 2. The largest absolute Gasteiger partial charge is 0.481 e. The van der Waals surface area contributed by atoms with E-state index in [-0.39, 0.29) is 29.7 Å². The summed E-state index contributed by atoms with van der Waals surface area (Å²) in [5.41, 5.74) is 1.30. The summed E-state index contributed by atoms with van der Waals surface area (Å²) in [4.78, 5) is 30.5. The molecule has 110 valence electrons. The van der Waals surface area contributed by atoms with Gasteiger partial charge in [0.25, 0.3) is 0 Å². The van der Waals surface area contributed by atoms with Gasteiger partial charge in [0.1, 0.15) is 0 Å². The fraction of sp³-hybridized carbons (Fsp3) is 0.286. The number of unbranched alkanes of at least 4 members (excludes halogenated alkanes) is 1. The molecule has 0 fully saturated rings. The van der Waals surface area contributed by atoms with Crippen molar-refractivity contribution in [2.75, 3.05) is 5.32 Å². The van der Waals surface area contributed by atoms with Gasteiger partial charge in [0.05, 0.1) is 11.0 Å². The number of fused-ring (bicyclic) bond motifs is 1. The van der Waals surface area contributed by atoms with Crippen molar-refractivity contribution in [3.8, 4) is 0 Å². The second-order valence-corrected chi connectivity index (χ2v) is 4.86. The van der Waals surface area contributed by atoms with Crippen molar-refractivity contribution in [3.05, 3.63) is 29.4 Å². The van der Waals surface area contributed by atoms with Gasteiger partial charge in [-0.05, 0) is 25.0 Å². The van der Waals surface area contributed by atoms with Crippen LogP contribution in [0.5, 0.6) is 0 Å². The second-order valence-electron chi connectivity index (χ2n) is 4.50. The molecule has 0 aliphatic heterocycles. The Hall–Kier alpha value is -2.21. The highest BCUT2D eigenvalue weighted by atomic mass is 35.5. The Morgan fingerprint density at radius 3 is 2.38 bits per heavy atom. The predicted molar refractivity (Wildman–Crippen MR) is 79.3 cm³/mol. The molecule has 2 N–H and O–H groups in total. The number of carboxylic acid groups (broad SMARTS) is 1. The molecule has 0 saturated carbocycles. The first-order valence-electron chi connectivity index (χ1n) is 6.50. The summed E-state index contributed by atoms with van der Waals surface area (Å²) in [5.74, 6) is -0.899. The molecule has 6 nitrogen and oxygen atoms in total. The molecule has 1 heterocycles. The number of nitrogens with zero attached hydrogens (tertiary/aromatic N) is 2. The minimum absolute atomic E-state index is 0.0593. The van der Waals surface area contributed by atoms with E-state index in [2.05, 4.69) is 15.3 Å². The number of halogens is 1. The zero-order chi connectivity index (χ0) is 15.2. The maximum absolute atomic E-state index is 11.8. The molecule has 7 heteroatoms. The molecule has 0 atom stereocenters. The molecule has 0 spiro atoms. The number of hydrogen-bond donors (Lipinski definition) is 2. The number of hydrogen-bond acceptors (Lipinski definition) is 4. The van der Waals surface area contributed by atoms with Crippen LogP contribution in [-0.2, 0) is 9.59 Å². The van der Waals surface area contributed by atoms with Crippen LogP contribution in [0, 0.1) is 0 Å². The van der Waals surface area contributed by atoms with E-state index in [0.29, 0.717) is 23.9 Å². The normalized spacial score (nSPS) is 10.5. The van der Waals surface area contributed by atoms with Gasteiger partial charge in [-0.25, -0.2) is 9.97 Å². The molecule has 1 amide bonds. The number of carbonyl (C=O) groups is 2. The zero-order valence-corrected chi connectivity index (χ0v) is 11.9. The molecule has 2 aromatic rings. The zero-order valence-electron chi connectivity index (χ0n) is 11.2. The van der Waals surface area contributed by atoms with Crippen LogP contribution in [0.1, 0.15) is 25.7 Å². The third-order valence-electron chi connectivity index (χ3n) is 2.83. The summed E-state index contributed by atoms with van der Waals surface area (Å²) in [6, 6.07) is 7.21. The molecule has 0 aliphatic carbocycles. The molecule has 2 rings (SSSR count). The molecule has 1 aromatic heterocycles. The Bertz CT molecular complexity index is 676. The molecule has 0 bridgehead atoms. The summed E-state index contributed by atoms with van der Waals surface area (Å²) in [6.45, 7) is 0. The number of amides is 1. The molecule has 1 aromatic carbocycles. The SMILES string of the molecule is O=C(O)CCCCC(=O)Nc1nc2ccccc2nc1Cl. The number of aliphatic carboxylic acids is 1. The van der Waals surface area contributed by atoms with Crippen LogP contribution in [-0.4, -0.2) is 27.0 Å². The Kier molecular flexibility index (Phi) is 5.05. The van der Waals surface area contributed by atoms with Crippen molar-refractivity contribution in [2.24, 2.45) is 0 Å². The van der Waals surface area contributed by atoms with Crippen molar-refractivity contribution in [3.63, 3.8) is 0 Å². The van der Waals surface area contributed by atoms with E-state index in [1.54, 1.807) is 12.1 Å². The monoisotopic (exact) mass is 307 g/mol. The molecule has 0 unspecified atom stereocenters. The van der Waals surface area contributed by atoms with Crippen LogP contribution in [0.25, 0.3) is 11.0 Å². The predicted octanol–water partition coefficient (Wildman–Crippen LogP) is 2.87. The lowest BCUT2D eigenvalue weighted by atomic mass is 10.2. The van der Waals surface area contributed by atoms with E-state index >= 15 is 0 Å². The quantitative estimate of drug-likeness (QED) is 0.801. The van der Waals surface area contributed by atoms with E-state index in [1.165, 1.54) is 0 Å². The van der Waals surface area contributed by atoms with Crippen LogP contribution in [0.4, 0.5) is 5.82 Å². The first-order valence-corrected chi connectivity index (χ1v) is 6.88. The van der Waals surface area contributed by atoms with E-state index in [9.17, 15) is 9.59 Å². The fourth-order valence-corrected chi connectivity index (χ4v) is 1.99. The average molecular weight is 308 g/mol. The third-order valence-corrected chi connectivity index (χ3v) is 3.09. The van der Waals surface area contributed by atoms with Gasteiger partial charge < -0.3 is 10.4 Å². The van der Waals surface area contributed by atoms with Crippen LogP contribution < -0.4 is 5.32 Å². The highest BCUT2D eigenvalue weighted by Gasteiger charge is 2.10. The summed E-state index contributed by atoms with van der Waals surface area (Å²) >= 11 is 5.98. The minimum atomic E-state index is -0.862. The number of carbonyl (C=O) groups excluding carboxylic acids is 1. The first kappa shape index (κ1) is 15.2. The van der Waals surface area contributed by atoms with Gasteiger partial charge in [-0.2, -0.15) is 0 Å². The van der Waals surface area contributed by atoms with Crippen molar-refractivity contribution in [1.29, 1.82) is 0 Å². The van der Waals surface area contributed by atoms with Gasteiger partial charge in [0.2, 0.25) is 5.91 Å².